The summed E-state index contributed by atoms with van der Waals surface area (Å²) >= 11 is 1.35. The fourth-order valence-corrected chi connectivity index (χ4v) is 13.0. The van der Waals surface area contributed by atoms with Gasteiger partial charge in [-0.05, 0) is 94.5 Å². The third-order valence-corrected chi connectivity index (χ3v) is 16.8. The van der Waals surface area contributed by atoms with E-state index < -0.39 is 118 Å². The van der Waals surface area contributed by atoms with Crippen LogP contribution in [0.1, 0.15) is 117 Å². The van der Waals surface area contributed by atoms with Gasteiger partial charge in [0.05, 0.1) is 12.9 Å². The number of hydrogen-bond donors (Lipinski definition) is 15. The van der Waals surface area contributed by atoms with Gasteiger partial charge in [-0.25, -0.2) is 4.98 Å². The summed E-state index contributed by atoms with van der Waals surface area (Å²) in [4.78, 5) is 157. The van der Waals surface area contributed by atoms with E-state index in [2.05, 4.69) is 67.8 Å². The largest absolute Gasteiger partial charge is 0.508 e. The van der Waals surface area contributed by atoms with Crippen molar-refractivity contribution in [1.29, 1.82) is 0 Å². The molecule has 91 heavy (non-hydrogen) atoms. The van der Waals surface area contributed by atoms with E-state index in [4.69, 9.17) is 11.5 Å². The third-order valence-electron chi connectivity index (χ3n) is 15.4. The van der Waals surface area contributed by atoms with Crippen molar-refractivity contribution >= 4 is 87.7 Å². The average Bonchev–Trinajstić information content (AvgIpc) is 1.76. The Hall–Kier alpha value is -8.73. The maximum Gasteiger partial charge on any atom is 0.245 e. The highest BCUT2D eigenvalue weighted by molar-refractivity contribution is 8.02. The van der Waals surface area contributed by atoms with Gasteiger partial charge >= 0.3 is 0 Å². The van der Waals surface area contributed by atoms with Gasteiger partial charge in [-0.1, -0.05) is 65.0 Å². The van der Waals surface area contributed by atoms with E-state index in [0.717, 1.165) is 5.52 Å². The molecule has 2 fully saturated rings. The molecular formula is C62H90N16O12S. The van der Waals surface area contributed by atoms with E-state index in [1.165, 1.54) is 53.5 Å². The van der Waals surface area contributed by atoms with Crippen LogP contribution in [0.4, 0.5) is 0 Å². The van der Waals surface area contributed by atoms with E-state index in [-0.39, 0.29) is 93.9 Å². The number of hydrogen-bond acceptors (Lipinski definition) is 15. The molecule has 2 saturated heterocycles. The normalized spacial score (nSPS) is 17.3. The van der Waals surface area contributed by atoms with Crippen molar-refractivity contribution in [1.82, 2.24) is 67.7 Å². The molecular weight excluding hydrogens is 1190 g/mol. The topological polar surface area (TPSA) is 432 Å². The summed E-state index contributed by atoms with van der Waals surface area (Å²) in [6.45, 7) is 14.4. The van der Waals surface area contributed by atoms with Gasteiger partial charge < -0.3 is 84.4 Å². The summed E-state index contributed by atoms with van der Waals surface area (Å²) in [6, 6.07) is 1.31. The first-order valence-corrected chi connectivity index (χ1v) is 31.5. The Labute approximate surface area is 533 Å². The number of nitrogens with two attached hydrogens (primary N) is 2. The SMILES string of the molecule is CCNC(=O)[C@@H]1CCCN1C(=O)[C@H](CCCN=C(N)N)NC(=O)[C@H](CC(C)C)NC(=O)[C@H](NC(=O)[C@H](Cc1ccc(O)cc1)NC(=O)[C@H](CO)NC(=O)[C@H](Cc1c[nH]c2ccccc12)NC(=O)[C@H](Cc1cnc[nH]1)NC(=O)[C@@H]1CCC(=O)N1)C(C)(C)SC(C)(C)C. The molecule has 4 aromatic rings. The van der Waals surface area contributed by atoms with Crippen LogP contribution in [0.2, 0.25) is 0 Å². The number of aromatic nitrogens is 3. The number of aliphatic imine (C=N–C) groups is 1. The summed E-state index contributed by atoms with van der Waals surface area (Å²) in [5, 5.41) is 46.4. The lowest BCUT2D eigenvalue weighted by Gasteiger charge is -2.39. The van der Waals surface area contributed by atoms with Crippen molar-refractivity contribution in [2.45, 2.75) is 183 Å². The molecule has 0 saturated carbocycles. The van der Waals surface area contributed by atoms with E-state index in [1.54, 1.807) is 39.1 Å². The van der Waals surface area contributed by atoms with Gasteiger partial charge in [0.2, 0.25) is 59.1 Å². The smallest absolute Gasteiger partial charge is 0.245 e. The highest BCUT2D eigenvalue weighted by Crippen LogP contribution is 2.39. The molecule has 2 aromatic carbocycles. The molecule has 0 unspecified atom stereocenters. The van der Waals surface area contributed by atoms with Crippen LogP contribution in [0.25, 0.3) is 10.9 Å². The molecule has 4 heterocycles. The van der Waals surface area contributed by atoms with Crippen LogP contribution in [-0.4, -0.2) is 185 Å². The number of nitrogens with one attached hydrogen (secondary N) is 11. The predicted molar refractivity (Wildman–Crippen MR) is 342 cm³/mol. The second kappa shape index (κ2) is 32.8. The number of likely N-dealkylation sites (tertiary alicyclic amines) is 1. The standard InChI is InChI=1S/C62H90N16O12S/c1-9-66-57(88)48-17-13-25-78(48)59(90)42(16-12-24-67-60(63)64)71-52(83)43(26-34(2)3)75-58(89)50(62(7,8)91-61(4,5)6)77-55(86)44(27-35-18-20-38(80)21-19-35)72-56(87)47(32-79)76-53(84)45(28-36-30-68-40-15-11-10-14-39(36)40)73-54(85)46(29-37-31-65-33-69-37)74-51(82)41-22-23-49(81)70-41/h10-11,14-15,18-21,30-31,33-34,41-48,50,68,79-80H,9,12-13,16-17,22-29,32H2,1-8H3,(H,65,69)(H,66,88)(H,70,81)(H,71,83)(H,72,87)(H,73,85)(H,74,82)(H,75,89)(H,76,84)(H,77,86)(H4,63,64,67)/t41-,42-,43-,44-,45-,46-,47-,48-,50-/m0/s1. The number of aromatic hydroxyl groups is 1. The number of rotatable bonds is 32. The second-order valence-electron chi connectivity index (χ2n) is 24.8. The van der Waals surface area contributed by atoms with Crippen LogP contribution in [0, 0.1) is 5.92 Å². The van der Waals surface area contributed by atoms with E-state index in [0.29, 0.717) is 41.6 Å². The van der Waals surface area contributed by atoms with Gasteiger partial charge in [0, 0.05) is 83.8 Å². The van der Waals surface area contributed by atoms with Crippen LogP contribution < -0.4 is 59.3 Å². The van der Waals surface area contributed by atoms with Crippen LogP contribution in [0.5, 0.6) is 5.75 Å². The lowest BCUT2D eigenvalue weighted by atomic mass is 9.97. The number of imidazole rings is 1. The summed E-state index contributed by atoms with van der Waals surface area (Å²) in [5.74, 6) is -7.46. The Kier molecular flexibility index (Phi) is 25.7. The molecule has 496 valence electrons. The number of likely N-dealkylation sites (N-methyl/N-ethyl adjacent to an activating group) is 1. The molecule has 10 amide bonds. The van der Waals surface area contributed by atoms with E-state index in [1.807, 2.05) is 46.8 Å². The number of guanidine groups is 1. The number of nitrogens with zero attached hydrogens (tertiary/aromatic N) is 3. The number of carbonyl (C=O) groups excluding carboxylic acids is 10. The molecule has 0 aliphatic carbocycles. The second-order valence-corrected chi connectivity index (χ2v) is 27.3. The highest BCUT2D eigenvalue weighted by Gasteiger charge is 2.44. The summed E-state index contributed by atoms with van der Waals surface area (Å²) in [6.07, 6.45) is 5.67. The lowest BCUT2D eigenvalue weighted by Crippen LogP contribution is -2.64. The number of amides is 10. The molecule has 9 atom stereocenters. The van der Waals surface area contributed by atoms with Crippen molar-refractivity contribution in [2.75, 3.05) is 26.2 Å². The van der Waals surface area contributed by atoms with Crippen LogP contribution >= 0.6 is 11.8 Å². The predicted octanol–water partition coefficient (Wildman–Crippen LogP) is -0.174. The molecule has 0 bridgehead atoms. The summed E-state index contributed by atoms with van der Waals surface area (Å²) < 4.78 is -1.70. The zero-order valence-electron chi connectivity index (χ0n) is 52.9. The Morgan fingerprint density at radius 2 is 1.36 bits per heavy atom. The maximum atomic E-state index is 15.1. The lowest BCUT2D eigenvalue weighted by molar-refractivity contribution is -0.142. The summed E-state index contributed by atoms with van der Waals surface area (Å²) in [7, 11) is 0. The average molecular weight is 1280 g/mol. The monoisotopic (exact) mass is 1280 g/mol. The third kappa shape index (κ3) is 21.2. The number of phenols is 1. The Bertz CT molecular complexity index is 3220. The van der Waals surface area contributed by atoms with Gasteiger partial charge in [0.1, 0.15) is 60.1 Å². The van der Waals surface area contributed by atoms with Crippen LogP contribution in [0.3, 0.4) is 0 Å². The minimum atomic E-state index is -1.77. The number of phenolic OH excluding ortho intramolecular Hbond substituents is 1. The van der Waals surface area contributed by atoms with Gasteiger partial charge in [-0.2, -0.15) is 0 Å². The van der Waals surface area contributed by atoms with Crippen molar-refractivity contribution in [3.8, 4) is 5.75 Å². The molecule has 29 heteroatoms. The number of H-pyrrole nitrogens is 2. The fourth-order valence-electron chi connectivity index (χ4n) is 11.2. The Morgan fingerprint density at radius 3 is 1.98 bits per heavy atom. The quantitative estimate of drug-likeness (QED) is 0.0171. The van der Waals surface area contributed by atoms with Gasteiger partial charge in [-0.15, -0.1) is 11.8 Å². The molecule has 28 nitrogen and oxygen atoms in total. The number of para-hydroxylation sites is 1. The summed E-state index contributed by atoms with van der Waals surface area (Å²) in [5.41, 5.74) is 13.3. The Morgan fingerprint density at radius 1 is 0.747 bits per heavy atom. The first kappa shape index (κ1) is 71.3. The van der Waals surface area contributed by atoms with Gasteiger partial charge in [-0.3, -0.25) is 52.9 Å². The van der Waals surface area contributed by atoms with E-state index >= 15 is 9.59 Å². The molecule has 6 rings (SSSR count). The first-order valence-electron chi connectivity index (χ1n) is 30.7. The minimum absolute atomic E-state index is 0.0755. The highest BCUT2D eigenvalue weighted by atomic mass is 32.2. The van der Waals surface area contributed by atoms with Crippen molar-refractivity contribution in [3.63, 3.8) is 0 Å². The molecule has 2 aliphatic heterocycles. The number of thioether (sulfide) groups is 1. The number of aromatic amines is 2. The number of aliphatic hydroxyl groups excluding tert-OH is 1. The zero-order chi connectivity index (χ0) is 66.7. The molecule has 2 aromatic heterocycles. The molecule has 17 N–H and O–H groups in total. The van der Waals surface area contributed by atoms with E-state index in [9.17, 15) is 48.6 Å². The number of benzene rings is 2. The number of fused-ring (bicyclic) bond motifs is 1. The minimum Gasteiger partial charge on any atom is -0.508 e. The maximum absolute atomic E-state index is 15.1. The van der Waals surface area contributed by atoms with Crippen molar-refractivity contribution < 1.29 is 58.2 Å². The Balaban J connectivity index is 1.28. The van der Waals surface area contributed by atoms with Gasteiger partial charge in [0.25, 0.3) is 0 Å². The molecule has 2 aliphatic rings. The fraction of sp³-hybridized carbons (Fsp3) is 0.548. The number of aliphatic hydroxyl groups is 1. The van der Waals surface area contributed by atoms with Crippen molar-refractivity contribution in [3.05, 3.63) is 84.1 Å². The van der Waals surface area contributed by atoms with Crippen molar-refractivity contribution in [2.24, 2.45) is 22.4 Å². The van der Waals surface area contributed by atoms with Crippen LogP contribution in [0.15, 0.2) is 72.2 Å². The molecule has 0 spiro atoms. The first-order chi connectivity index (χ1) is 43.1. The van der Waals surface area contributed by atoms with Crippen LogP contribution in [-0.2, 0) is 67.2 Å². The number of carbonyl (C=O) groups is 10. The van der Waals surface area contributed by atoms with Gasteiger partial charge in [0.15, 0.2) is 5.96 Å². The molecule has 0 radical (unpaired) electrons. The zero-order valence-corrected chi connectivity index (χ0v) is 53.7.